The van der Waals surface area contributed by atoms with Crippen molar-refractivity contribution in [3.63, 3.8) is 0 Å². The van der Waals surface area contributed by atoms with Gasteiger partial charge < -0.3 is 15.5 Å². The highest BCUT2D eigenvalue weighted by molar-refractivity contribution is 7.73. The zero-order valence-corrected chi connectivity index (χ0v) is 15.8. The minimum Gasteiger partial charge on any atom is -0.493 e. The van der Waals surface area contributed by atoms with Gasteiger partial charge >= 0.3 is 5.97 Å². The van der Waals surface area contributed by atoms with Crippen LogP contribution in [0.3, 0.4) is 0 Å². The maximum absolute atomic E-state index is 11.8. The molecular weight excluding hydrogens is 386 g/mol. The van der Waals surface area contributed by atoms with Crippen molar-refractivity contribution in [2.75, 3.05) is 6.54 Å². The lowest BCUT2D eigenvalue weighted by molar-refractivity contribution is -0.136. The predicted octanol–water partition coefficient (Wildman–Crippen LogP) is 3.22. The first kappa shape index (κ1) is 19.0. The van der Waals surface area contributed by atoms with Gasteiger partial charge in [0.2, 0.25) is 11.8 Å². The maximum Gasteiger partial charge on any atom is 0.305 e. The van der Waals surface area contributed by atoms with Gasteiger partial charge in [-0.05, 0) is 24.4 Å². The van der Waals surface area contributed by atoms with E-state index in [0.717, 1.165) is 16.8 Å². The van der Waals surface area contributed by atoms with Crippen LogP contribution in [0.25, 0.3) is 11.6 Å². The molecule has 0 spiro atoms. The molecule has 0 fully saturated rings. The van der Waals surface area contributed by atoms with Gasteiger partial charge in [-0.25, -0.2) is 0 Å². The number of hydrogen-bond donors (Lipinski definition) is 3. The zero-order valence-electron chi connectivity index (χ0n) is 14.2. The van der Waals surface area contributed by atoms with Crippen LogP contribution in [-0.2, 0) is 16.1 Å². The Labute approximate surface area is 164 Å². The molecule has 1 aromatic heterocycles. The second-order valence-electron chi connectivity index (χ2n) is 5.83. The quantitative estimate of drug-likeness (QED) is 0.616. The van der Waals surface area contributed by atoms with Gasteiger partial charge in [-0.2, -0.15) is 0 Å². The molecule has 3 N–H and O–H groups in total. The van der Waals surface area contributed by atoms with E-state index >= 15 is 0 Å². The second kappa shape index (κ2) is 8.28. The number of carboxylic acid groups (broad SMARTS) is 1. The fourth-order valence-electron chi connectivity index (χ4n) is 2.61. The van der Waals surface area contributed by atoms with Crippen molar-refractivity contribution >= 4 is 59.0 Å². The normalized spacial score (nSPS) is 13.7. The number of hydrogen-bond acceptors (Lipinski definition) is 6. The number of carbonyl (C=O) groups is 2. The van der Waals surface area contributed by atoms with Crippen molar-refractivity contribution in [1.82, 2.24) is 9.88 Å². The van der Waals surface area contributed by atoms with Crippen molar-refractivity contribution in [3.8, 4) is 5.88 Å². The molecule has 7 nitrogen and oxygen atoms in total. The number of benzene rings is 1. The van der Waals surface area contributed by atoms with E-state index in [1.807, 2.05) is 30.3 Å². The molecule has 3 rings (SSSR count). The van der Waals surface area contributed by atoms with E-state index < -0.39 is 5.97 Å². The van der Waals surface area contributed by atoms with E-state index in [4.69, 9.17) is 17.3 Å². The predicted molar refractivity (Wildman–Crippen MR) is 107 cm³/mol. The lowest BCUT2D eigenvalue weighted by Gasteiger charge is -2.06. The lowest BCUT2D eigenvalue weighted by Crippen LogP contribution is -2.26. The van der Waals surface area contributed by atoms with Gasteiger partial charge in [0, 0.05) is 36.9 Å². The highest BCUT2D eigenvalue weighted by Crippen LogP contribution is 2.35. The van der Waals surface area contributed by atoms with Gasteiger partial charge in [0.05, 0.1) is 17.0 Å². The summed E-state index contributed by atoms with van der Waals surface area (Å²) in [5.74, 6) is -1.25. The number of thiazole rings is 1. The van der Waals surface area contributed by atoms with Crippen LogP contribution in [0.1, 0.15) is 23.3 Å². The first-order valence-electron chi connectivity index (χ1n) is 8.22. The molecule has 1 aliphatic heterocycles. The maximum atomic E-state index is 11.8. The molecule has 1 aliphatic rings. The Kier molecular flexibility index (Phi) is 5.82. The molecule has 0 atom stereocenters. The lowest BCUT2D eigenvalue weighted by atomic mass is 10.1. The van der Waals surface area contributed by atoms with Crippen molar-refractivity contribution in [3.05, 3.63) is 38.7 Å². The van der Waals surface area contributed by atoms with Crippen molar-refractivity contribution in [2.45, 2.75) is 19.4 Å². The van der Waals surface area contributed by atoms with Crippen LogP contribution in [0.2, 0.25) is 0 Å². The highest BCUT2D eigenvalue weighted by Gasteiger charge is 2.15. The van der Waals surface area contributed by atoms with Crippen molar-refractivity contribution < 1.29 is 19.8 Å². The summed E-state index contributed by atoms with van der Waals surface area (Å²) < 4.78 is 1.96. The van der Waals surface area contributed by atoms with Crippen LogP contribution in [-0.4, -0.2) is 39.4 Å². The minimum absolute atomic E-state index is 0.00798. The Morgan fingerprint density at radius 2 is 2.07 bits per heavy atom. The zero-order chi connectivity index (χ0) is 19.4. The standard InChI is InChI=1S/C18H17N3O4S2/c22-15(19-7-5-16(23)24)6-8-21-17(25)14(27-18(21)26)9-11-10-20-13-4-2-1-3-12(11)13/h1-4,9-10,25H,5-8H2,(H,19,22)(H,23,24)/b11-9+. The summed E-state index contributed by atoms with van der Waals surface area (Å²) in [5, 5.41) is 21.6. The molecule has 0 bridgehead atoms. The number of aromatic hydroxyl groups is 1. The summed E-state index contributed by atoms with van der Waals surface area (Å²) >= 11 is 6.56. The van der Waals surface area contributed by atoms with Crippen LogP contribution < -0.4 is 5.32 Å². The minimum atomic E-state index is -0.970. The first-order chi connectivity index (χ1) is 13.0. The van der Waals surface area contributed by atoms with Crippen LogP contribution in [0.15, 0.2) is 29.3 Å². The number of allylic oxidation sites excluding steroid dienone is 1. The Bertz CT molecular complexity index is 1000. The summed E-state index contributed by atoms with van der Waals surface area (Å²) in [5.41, 5.74) is 2.75. The summed E-state index contributed by atoms with van der Waals surface area (Å²) in [6.45, 7) is 0.291. The molecule has 1 aromatic carbocycles. The van der Waals surface area contributed by atoms with Gasteiger partial charge in [0.15, 0.2) is 3.95 Å². The van der Waals surface area contributed by atoms with E-state index in [1.165, 1.54) is 15.9 Å². The van der Waals surface area contributed by atoms with Crippen LogP contribution >= 0.6 is 23.6 Å². The van der Waals surface area contributed by atoms with E-state index in [9.17, 15) is 14.7 Å². The van der Waals surface area contributed by atoms with Crippen molar-refractivity contribution in [1.29, 1.82) is 0 Å². The number of carbonyl (C=O) groups excluding carboxylic acids is 1. The smallest absolute Gasteiger partial charge is 0.305 e. The Hall–Kier alpha value is -2.78. The van der Waals surface area contributed by atoms with Crippen molar-refractivity contribution in [2.24, 2.45) is 4.99 Å². The Morgan fingerprint density at radius 1 is 1.30 bits per heavy atom. The van der Waals surface area contributed by atoms with Gasteiger partial charge in [0.1, 0.15) is 0 Å². The third-order valence-corrected chi connectivity index (χ3v) is 5.35. The number of nitrogens with zero attached hydrogens (tertiary/aromatic N) is 2. The SMILES string of the molecule is O=C(O)CCNC(=O)CCn1c(O)c(/C=C2\C=Nc3ccccc32)sc1=S. The van der Waals surface area contributed by atoms with E-state index in [0.29, 0.717) is 8.83 Å². The van der Waals surface area contributed by atoms with Gasteiger partial charge in [-0.3, -0.25) is 19.1 Å². The van der Waals surface area contributed by atoms with Gasteiger partial charge in [-0.1, -0.05) is 18.2 Å². The average Bonchev–Trinajstić information content (AvgIpc) is 3.15. The van der Waals surface area contributed by atoms with Gasteiger partial charge in [-0.15, -0.1) is 11.3 Å². The molecular formula is C18H17N3O4S2. The number of aliphatic carboxylic acids is 1. The molecule has 0 unspecified atom stereocenters. The Morgan fingerprint density at radius 3 is 2.85 bits per heavy atom. The fourth-order valence-corrected chi connectivity index (χ4v) is 3.92. The molecule has 0 saturated carbocycles. The number of fused-ring (bicyclic) bond motifs is 1. The third-order valence-electron chi connectivity index (χ3n) is 3.96. The molecule has 0 aliphatic carbocycles. The molecule has 0 radical (unpaired) electrons. The topological polar surface area (TPSA) is 104 Å². The monoisotopic (exact) mass is 403 g/mol. The molecule has 0 saturated heterocycles. The Balaban J connectivity index is 1.70. The molecule has 9 heteroatoms. The number of amides is 1. The summed E-state index contributed by atoms with van der Waals surface area (Å²) in [7, 11) is 0. The molecule has 140 valence electrons. The van der Waals surface area contributed by atoms with E-state index in [1.54, 1.807) is 6.21 Å². The highest BCUT2D eigenvalue weighted by atomic mass is 32.1. The van der Waals surface area contributed by atoms with Crippen LogP contribution in [0.4, 0.5) is 5.69 Å². The first-order valence-corrected chi connectivity index (χ1v) is 9.44. The van der Waals surface area contributed by atoms with Crippen LogP contribution in [0.5, 0.6) is 5.88 Å². The summed E-state index contributed by atoms with van der Waals surface area (Å²) in [6, 6.07) is 7.72. The largest absolute Gasteiger partial charge is 0.493 e. The number of rotatable bonds is 7. The van der Waals surface area contributed by atoms with E-state index in [2.05, 4.69) is 10.3 Å². The third kappa shape index (κ3) is 4.50. The molecule has 2 heterocycles. The van der Waals surface area contributed by atoms with Crippen LogP contribution in [0, 0.1) is 3.95 Å². The number of carboxylic acids is 1. The van der Waals surface area contributed by atoms with E-state index in [-0.39, 0.29) is 37.7 Å². The fraction of sp³-hybridized carbons (Fsp3) is 0.222. The number of aliphatic imine (C=N–C) groups is 1. The number of aromatic nitrogens is 1. The summed E-state index contributed by atoms with van der Waals surface area (Å²) in [6.07, 6.45) is 3.54. The molecule has 2 aromatic rings. The van der Waals surface area contributed by atoms with Gasteiger partial charge in [0.25, 0.3) is 0 Å². The average molecular weight is 403 g/mol. The molecule has 1 amide bonds. The second-order valence-corrected chi connectivity index (χ2v) is 7.50. The number of nitrogens with one attached hydrogen (secondary N) is 1. The molecule has 27 heavy (non-hydrogen) atoms. The number of para-hydroxylation sites is 1. The summed E-state index contributed by atoms with van der Waals surface area (Å²) in [4.78, 5) is 27.2.